The molecule has 6 heteroatoms. The van der Waals surface area contributed by atoms with Gasteiger partial charge in [-0.15, -0.1) is 0 Å². The van der Waals surface area contributed by atoms with Crippen LogP contribution in [0.5, 0.6) is 5.75 Å². The minimum absolute atomic E-state index is 0.117. The second-order valence-corrected chi connectivity index (χ2v) is 3.85. The number of benzene rings is 2. The summed E-state index contributed by atoms with van der Waals surface area (Å²) in [7, 11) is 0. The van der Waals surface area contributed by atoms with Crippen molar-refractivity contribution in [2.75, 3.05) is 11.1 Å². The van der Waals surface area contributed by atoms with Gasteiger partial charge in [-0.3, -0.25) is 4.79 Å². The summed E-state index contributed by atoms with van der Waals surface area (Å²) in [6, 6.07) is 6.61. The Labute approximate surface area is 107 Å². The van der Waals surface area contributed by atoms with E-state index in [1.54, 1.807) is 0 Å². The highest BCUT2D eigenvalue weighted by atomic mass is 19.1. The summed E-state index contributed by atoms with van der Waals surface area (Å²) < 4.78 is 26.2. The van der Waals surface area contributed by atoms with E-state index in [0.29, 0.717) is 0 Å². The van der Waals surface area contributed by atoms with Crippen molar-refractivity contribution >= 4 is 17.3 Å². The molecule has 2 rings (SSSR count). The van der Waals surface area contributed by atoms with E-state index in [9.17, 15) is 18.7 Å². The Kier molecular flexibility index (Phi) is 3.33. The lowest BCUT2D eigenvalue weighted by atomic mass is 10.1. The van der Waals surface area contributed by atoms with Gasteiger partial charge in [0.15, 0.2) is 0 Å². The van der Waals surface area contributed by atoms with Crippen molar-refractivity contribution in [1.29, 1.82) is 0 Å². The predicted molar refractivity (Wildman–Crippen MR) is 66.8 cm³/mol. The molecule has 0 bridgehead atoms. The SMILES string of the molecule is Nc1ccc(F)c(NC(=O)c2ccc(F)cc2O)c1. The minimum Gasteiger partial charge on any atom is -0.507 e. The molecule has 2 aromatic carbocycles. The molecule has 4 nitrogen and oxygen atoms in total. The molecule has 1 amide bonds. The van der Waals surface area contributed by atoms with Crippen molar-refractivity contribution in [1.82, 2.24) is 0 Å². The maximum absolute atomic E-state index is 13.4. The van der Waals surface area contributed by atoms with Gasteiger partial charge >= 0.3 is 0 Å². The minimum atomic E-state index is -0.762. The fourth-order valence-corrected chi connectivity index (χ4v) is 1.53. The van der Waals surface area contributed by atoms with Crippen LogP contribution in [-0.4, -0.2) is 11.0 Å². The lowest BCUT2D eigenvalue weighted by molar-refractivity contribution is 0.102. The van der Waals surface area contributed by atoms with Crippen LogP contribution < -0.4 is 11.1 Å². The number of nitrogens with two attached hydrogens (primary N) is 1. The third kappa shape index (κ3) is 2.79. The number of nitrogens with one attached hydrogen (secondary N) is 1. The van der Waals surface area contributed by atoms with Gasteiger partial charge in [-0.25, -0.2) is 8.78 Å². The molecule has 0 heterocycles. The van der Waals surface area contributed by atoms with Gasteiger partial charge in [-0.1, -0.05) is 0 Å². The van der Waals surface area contributed by atoms with Gasteiger partial charge < -0.3 is 16.2 Å². The average molecular weight is 264 g/mol. The van der Waals surface area contributed by atoms with Crippen molar-refractivity contribution < 1.29 is 18.7 Å². The molecule has 0 aliphatic heterocycles. The molecule has 2 aromatic rings. The Hall–Kier alpha value is -2.63. The van der Waals surface area contributed by atoms with E-state index in [1.165, 1.54) is 12.1 Å². The van der Waals surface area contributed by atoms with Crippen LogP contribution in [0.1, 0.15) is 10.4 Å². The van der Waals surface area contributed by atoms with Gasteiger partial charge in [0.05, 0.1) is 11.3 Å². The smallest absolute Gasteiger partial charge is 0.259 e. The average Bonchev–Trinajstić information content (AvgIpc) is 2.33. The van der Waals surface area contributed by atoms with Crippen LogP contribution in [0.25, 0.3) is 0 Å². The van der Waals surface area contributed by atoms with Gasteiger partial charge in [0.2, 0.25) is 0 Å². The Morgan fingerprint density at radius 2 is 1.89 bits per heavy atom. The van der Waals surface area contributed by atoms with Gasteiger partial charge in [-0.05, 0) is 30.3 Å². The van der Waals surface area contributed by atoms with Crippen LogP contribution in [0.4, 0.5) is 20.2 Å². The van der Waals surface area contributed by atoms with Crippen LogP contribution in [0.15, 0.2) is 36.4 Å². The Morgan fingerprint density at radius 3 is 2.58 bits per heavy atom. The summed E-state index contributed by atoms with van der Waals surface area (Å²) in [5.74, 6) is -2.63. The largest absolute Gasteiger partial charge is 0.507 e. The lowest BCUT2D eigenvalue weighted by Gasteiger charge is -2.08. The van der Waals surface area contributed by atoms with Crippen molar-refractivity contribution in [3.05, 3.63) is 53.6 Å². The highest BCUT2D eigenvalue weighted by Crippen LogP contribution is 2.22. The number of rotatable bonds is 2. The van der Waals surface area contributed by atoms with Crippen molar-refractivity contribution in [2.45, 2.75) is 0 Å². The summed E-state index contributed by atoms with van der Waals surface area (Å²) in [4.78, 5) is 11.8. The first-order valence-corrected chi connectivity index (χ1v) is 5.32. The lowest BCUT2D eigenvalue weighted by Crippen LogP contribution is -2.13. The van der Waals surface area contributed by atoms with Crippen molar-refractivity contribution in [2.24, 2.45) is 0 Å². The molecule has 19 heavy (non-hydrogen) atoms. The van der Waals surface area contributed by atoms with E-state index in [1.807, 2.05) is 0 Å². The molecule has 0 aliphatic carbocycles. The Balaban J connectivity index is 2.28. The Bertz CT molecular complexity index is 645. The molecule has 0 saturated carbocycles. The summed E-state index contributed by atoms with van der Waals surface area (Å²) in [6.07, 6.45) is 0. The highest BCUT2D eigenvalue weighted by molar-refractivity contribution is 6.06. The zero-order chi connectivity index (χ0) is 14.0. The molecule has 0 aromatic heterocycles. The van der Waals surface area contributed by atoms with Gasteiger partial charge in [0, 0.05) is 11.8 Å². The molecule has 0 aliphatic rings. The number of phenols is 1. The number of nitrogen functional groups attached to an aromatic ring is 1. The first-order chi connectivity index (χ1) is 8.97. The maximum atomic E-state index is 13.4. The molecule has 98 valence electrons. The standard InChI is InChI=1S/C13H10F2N2O2/c14-7-1-3-9(12(18)5-7)13(19)17-11-6-8(16)2-4-10(11)15/h1-6,18H,16H2,(H,17,19). The Morgan fingerprint density at radius 1 is 1.16 bits per heavy atom. The van der Waals surface area contributed by atoms with Crippen molar-refractivity contribution in [3.63, 3.8) is 0 Å². The van der Waals surface area contributed by atoms with E-state index in [2.05, 4.69) is 5.32 Å². The predicted octanol–water partition coefficient (Wildman–Crippen LogP) is 2.50. The van der Waals surface area contributed by atoms with E-state index in [-0.39, 0.29) is 16.9 Å². The van der Waals surface area contributed by atoms with E-state index in [4.69, 9.17) is 5.73 Å². The van der Waals surface area contributed by atoms with Crippen LogP contribution in [0.3, 0.4) is 0 Å². The molecular weight excluding hydrogens is 254 g/mol. The molecule has 0 saturated heterocycles. The second kappa shape index (κ2) is 4.93. The molecule has 0 atom stereocenters. The summed E-state index contributed by atoms with van der Waals surface area (Å²) in [5.41, 5.74) is 5.47. The van der Waals surface area contributed by atoms with E-state index < -0.39 is 23.3 Å². The van der Waals surface area contributed by atoms with E-state index >= 15 is 0 Å². The highest BCUT2D eigenvalue weighted by Gasteiger charge is 2.14. The zero-order valence-corrected chi connectivity index (χ0v) is 9.65. The first kappa shape index (κ1) is 12.8. The summed E-state index contributed by atoms with van der Waals surface area (Å²) in [6.45, 7) is 0. The quantitative estimate of drug-likeness (QED) is 0.729. The normalized spacial score (nSPS) is 10.2. The van der Waals surface area contributed by atoms with Crippen molar-refractivity contribution in [3.8, 4) is 5.75 Å². The van der Waals surface area contributed by atoms with Crippen LogP contribution in [0.2, 0.25) is 0 Å². The molecule has 0 spiro atoms. The van der Waals surface area contributed by atoms with E-state index in [0.717, 1.165) is 24.3 Å². The molecular formula is C13H10F2N2O2. The fourth-order valence-electron chi connectivity index (χ4n) is 1.53. The summed E-state index contributed by atoms with van der Waals surface area (Å²) in [5, 5.41) is 11.7. The third-order valence-corrected chi connectivity index (χ3v) is 2.44. The number of aromatic hydroxyl groups is 1. The number of phenolic OH excluding ortho intramolecular Hbond substituents is 1. The first-order valence-electron chi connectivity index (χ1n) is 5.32. The van der Waals surface area contributed by atoms with Crippen LogP contribution in [0, 0.1) is 11.6 Å². The number of halogens is 2. The maximum Gasteiger partial charge on any atom is 0.259 e. The third-order valence-electron chi connectivity index (χ3n) is 2.44. The number of hydrogen-bond acceptors (Lipinski definition) is 3. The molecule has 0 unspecified atom stereocenters. The monoisotopic (exact) mass is 264 g/mol. The zero-order valence-electron chi connectivity index (χ0n) is 9.65. The fraction of sp³-hybridized carbons (Fsp3) is 0. The van der Waals surface area contributed by atoms with Gasteiger partial charge in [0.1, 0.15) is 17.4 Å². The van der Waals surface area contributed by atoms with Crippen LogP contribution in [-0.2, 0) is 0 Å². The number of anilines is 2. The summed E-state index contributed by atoms with van der Waals surface area (Å²) >= 11 is 0. The number of carbonyl (C=O) groups is 1. The van der Waals surface area contributed by atoms with Gasteiger partial charge in [0.25, 0.3) is 5.91 Å². The topological polar surface area (TPSA) is 75.3 Å². The molecule has 0 fully saturated rings. The van der Waals surface area contributed by atoms with Gasteiger partial charge in [-0.2, -0.15) is 0 Å². The number of amides is 1. The van der Waals surface area contributed by atoms with Crippen LogP contribution >= 0.6 is 0 Å². The number of carbonyl (C=O) groups excluding carboxylic acids is 1. The number of hydrogen-bond donors (Lipinski definition) is 3. The molecule has 0 radical (unpaired) electrons. The molecule has 4 N–H and O–H groups in total. The second-order valence-electron chi connectivity index (χ2n) is 3.85.